The highest BCUT2D eigenvalue weighted by atomic mass is 16.5. The fraction of sp³-hybridized carbons (Fsp3) is 0.304. The van der Waals surface area contributed by atoms with E-state index in [4.69, 9.17) is 15.2 Å². The Morgan fingerprint density at radius 2 is 1.84 bits per heavy atom. The van der Waals surface area contributed by atoms with Gasteiger partial charge in [0.25, 0.3) is 5.91 Å². The maximum Gasteiger partial charge on any atom is 0.312 e. The van der Waals surface area contributed by atoms with Crippen molar-refractivity contribution in [2.45, 2.75) is 26.4 Å². The number of amides is 3. The minimum Gasteiger partial charge on any atom is -0.495 e. The number of nitrogens with zero attached hydrogens (tertiary/aromatic N) is 1. The maximum absolute atomic E-state index is 12.6. The third-order valence-corrected chi connectivity index (χ3v) is 5.18. The highest BCUT2D eigenvalue weighted by Gasteiger charge is 2.38. The Labute approximate surface area is 185 Å². The predicted molar refractivity (Wildman–Crippen MR) is 117 cm³/mol. The molecule has 0 unspecified atom stereocenters. The molecule has 2 aromatic rings. The molecule has 9 heteroatoms. The fourth-order valence-corrected chi connectivity index (χ4v) is 3.39. The summed E-state index contributed by atoms with van der Waals surface area (Å²) in [5.74, 6) is -2.12. The van der Waals surface area contributed by atoms with Gasteiger partial charge >= 0.3 is 5.97 Å². The SMILES string of the molecule is COc1ccc(C)cc1N1C[C@@H](C(=O)O[C@H](C)C(=O)Nc2ccc(C(N)=O)cc2)CC1=O. The minimum atomic E-state index is -1.07. The molecule has 0 aromatic heterocycles. The van der Waals surface area contributed by atoms with Gasteiger partial charge in [-0.25, -0.2) is 0 Å². The van der Waals surface area contributed by atoms with Gasteiger partial charge in [-0.15, -0.1) is 0 Å². The number of carbonyl (C=O) groups is 4. The number of benzene rings is 2. The van der Waals surface area contributed by atoms with Crippen molar-refractivity contribution in [3.05, 3.63) is 53.6 Å². The third-order valence-electron chi connectivity index (χ3n) is 5.18. The van der Waals surface area contributed by atoms with Gasteiger partial charge in [0.2, 0.25) is 11.8 Å². The number of aryl methyl sites for hydroxylation is 1. The van der Waals surface area contributed by atoms with E-state index in [-0.39, 0.29) is 18.9 Å². The zero-order chi connectivity index (χ0) is 23.4. The first-order valence-corrected chi connectivity index (χ1v) is 10.1. The van der Waals surface area contributed by atoms with Crippen LogP contribution >= 0.6 is 0 Å². The topological polar surface area (TPSA) is 128 Å². The number of rotatable bonds is 7. The molecule has 3 rings (SSSR count). The molecule has 0 spiro atoms. The van der Waals surface area contributed by atoms with Crippen molar-refractivity contribution in [1.82, 2.24) is 0 Å². The second kappa shape index (κ2) is 9.51. The Bertz CT molecular complexity index is 1050. The van der Waals surface area contributed by atoms with E-state index < -0.39 is 29.8 Å². The first-order valence-electron chi connectivity index (χ1n) is 10.1. The van der Waals surface area contributed by atoms with Crippen LogP contribution in [0.4, 0.5) is 11.4 Å². The Hall–Kier alpha value is -3.88. The largest absolute Gasteiger partial charge is 0.495 e. The van der Waals surface area contributed by atoms with E-state index in [0.29, 0.717) is 22.7 Å². The Morgan fingerprint density at radius 3 is 2.47 bits per heavy atom. The molecule has 1 fully saturated rings. The van der Waals surface area contributed by atoms with Gasteiger partial charge in [0, 0.05) is 24.2 Å². The van der Waals surface area contributed by atoms with Gasteiger partial charge in [-0.3, -0.25) is 19.2 Å². The highest BCUT2D eigenvalue weighted by Crippen LogP contribution is 2.34. The number of primary amides is 1. The van der Waals surface area contributed by atoms with Crippen LogP contribution in [0.25, 0.3) is 0 Å². The van der Waals surface area contributed by atoms with Crippen molar-refractivity contribution in [3.63, 3.8) is 0 Å². The second-order valence-corrected chi connectivity index (χ2v) is 7.59. The van der Waals surface area contributed by atoms with E-state index in [0.717, 1.165) is 5.56 Å². The number of methoxy groups -OCH3 is 1. The lowest BCUT2D eigenvalue weighted by atomic mass is 10.1. The van der Waals surface area contributed by atoms with E-state index in [1.54, 1.807) is 6.07 Å². The molecule has 168 valence electrons. The molecule has 3 N–H and O–H groups in total. The molecule has 2 atom stereocenters. The molecular weight excluding hydrogens is 414 g/mol. The van der Waals surface area contributed by atoms with Crippen LogP contribution in [0.5, 0.6) is 5.75 Å². The fourth-order valence-electron chi connectivity index (χ4n) is 3.39. The summed E-state index contributed by atoms with van der Waals surface area (Å²) in [6.07, 6.45) is -1.09. The van der Waals surface area contributed by atoms with Gasteiger partial charge in [0.15, 0.2) is 6.10 Å². The predicted octanol–water partition coefficient (Wildman–Crippen LogP) is 2.03. The molecule has 1 aliphatic heterocycles. The lowest BCUT2D eigenvalue weighted by Gasteiger charge is -2.20. The third kappa shape index (κ3) is 5.05. The molecule has 0 radical (unpaired) electrons. The molecule has 1 aliphatic rings. The summed E-state index contributed by atoms with van der Waals surface area (Å²) in [6.45, 7) is 3.49. The van der Waals surface area contributed by atoms with Crippen LogP contribution in [0.1, 0.15) is 29.3 Å². The second-order valence-electron chi connectivity index (χ2n) is 7.59. The van der Waals surface area contributed by atoms with Crippen LogP contribution < -0.4 is 20.7 Å². The summed E-state index contributed by atoms with van der Waals surface area (Å²) in [6, 6.07) is 11.5. The van der Waals surface area contributed by atoms with Crippen LogP contribution in [0.2, 0.25) is 0 Å². The summed E-state index contributed by atoms with van der Waals surface area (Å²) >= 11 is 0. The first-order chi connectivity index (χ1) is 15.2. The molecule has 3 amide bonds. The van der Waals surface area contributed by atoms with E-state index in [2.05, 4.69) is 5.32 Å². The molecule has 9 nitrogen and oxygen atoms in total. The lowest BCUT2D eigenvalue weighted by Crippen LogP contribution is -2.33. The number of hydrogen-bond acceptors (Lipinski definition) is 6. The standard InChI is InChI=1S/C23H25N3O6/c1-13-4-9-19(31-3)18(10-13)26-12-16(11-20(26)27)23(30)32-14(2)22(29)25-17-7-5-15(6-8-17)21(24)28/h4-10,14,16H,11-12H2,1-3H3,(H2,24,28)(H,25,29)/t14-,16+/m1/s1. The number of ether oxygens (including phenoxy) is 2. The van der Waals surface area contributed by atoms with Crippen LogP contribution in [0.15, 0.2) is 42.5 Å². The molecule has 1 saturated heterocycles. The Balaban J connectivity index is 1.61. The van der Waals surface area contributed by atoms with Crippen LogP contribution in [-0.2, 0) is 19.1 Å². The van der Waals surface area contributed by atoms with Crippen molar-refractivity contribution >= 4 is 35.1 Å². The zero-order valence-corrected chi connectivity index (χ0v) is 18.1. The average Bonchev–Trinajstić information content (AvgIpc) is 3.15. The molecular formula is C23H25N3O6. The average molecular weight is 439 g/mol. The van der Waals surface area contributed by atoms with Gasteiger partial charge in [-0.05, 0) is 55.8 Å². The summed E-state index contributed by atoms with van der Waals surface area (Å²) in [5.41, 5.74) is 7.47. The summed E-state index contributed by atoms with van der Waals surface area (Å²) in [4.78, 5) is 50.2. The number of hydrogen-bond donors (Lipinski definition) is 2. The van der Waals surface area contributed by atoms with Gasteiger partial charge in [-0.1, -0.05) is 6.07 Å². The Morgan fingerprint density at radius 1 is 1.16 bits per heavy atom. The molecule has 0 aliphatic carbocycles. The Kier molecular flexibility index (Phi) is 6.77. The van der Waals surface area contributed by atoms with E-state index in [1.165, 1.54) is 43.2 Å². The summed E-state index contributed by atoms with van der Waals surface area (Å²) in [7, 11) is 1.52. The van der Waals surface area contributed by atoms with Crippen molar-refractivity contribution in [1.29, 1.82) is 0 Å². The molecule has 32 heavy (non-hydrogen) atoms. The molecule has 1 heterocycles. The van der Waals surface area contributed by atoms with E-state index in [9.17, 15) is 19.2 Å². The normalized spacial score (nSPS) is 16.4. The molecule has 0 bridgehead atoms. The minimum absolute atomic E-state index is 0.0150. The van der Waals surface area contributed by atoms with Crippen molar-refractivity contribution in [3.8, 4) is 5.75 Å². The number of nitrogens with two attached hydrogens (primary N) is 1. The van der Waals surface area contributed by atoms with Crippen molar-refractivity contribution in [2.24, 2.45) is 11.7 Å². The van der Waals surface area contributed by atoms with Crippen LogP contribution in [0.3, 0.4) is 0 Å². The number of esters is 1. The molecule has 2 aromatic carbocycles. The lowest BCUT2D eigenvalue weighted by molar-refractivity contribution is -0.157. The summed E-state index contributed by atoms with van der Waals surface area (Å²) in [5, 5.41) is 2.61. The van der Waals surface area contributed by atoms with E-state index >= 15 is 0 Å². The van der Waals surface area contributed by atoms with Gasteiger partial charge in [-0.2, -0.15) is 0 Å². The van der Waals surface area contributed by atoms with Crippen molar-refractivity contribution < 1.29 is 28.7 Å². The number of anilines is 2. The smallest absolute Gasteiger partial charge is 0.312 e. The maximum atomic E-state index is 12.6. The highest BCUT2D eigenvalue weighted by molar-refractivity contribution is 6.01. The van der Waals surface area contributed by atoms with Crippen molar-refractivity contribution in [2.75, 3.05) is 23.9 Å². The van der Waals surface area contributed by atoms with Crippen LogP contribution in [-0.4, -0.2) is 43.4 Å². The monoisotopic (exact) mass is 439 g/mol. The van der Waals surface area contributed by atoms with E-state index in [1.807, 2.05) is 19.1 Å². The number of nitrogens with one attached hydrogen (secondary N) is 1. The quantitative estimate of drug-likeness (QED) is 0.636. The van der Waals surface area contributed by atoms with Gasteiger partial charge in [0.05, 0.1) is 18.7 Å². The first kappa shape index (κ1) is 22.8. The summed E-state index contributed by atoms with van der Waals surface area (Å²) < 4.78 is 10.6. The van der Waals surface area contributed by atoms with Gasteiger partial charge < -0.3 is 25.4 Å². The van der Waals surface area contributed by atoms with Crippen LogP contribution in [0, 0.1) is 12.8 Å². The molecule has 0 saturated carbocycles. The van der Waals surface area contributed by atoms with Gasteiger partial charge in [0.1, 0.15) is 5.75 Å². The zero-order valence-electron chi connectivity index (χ0n) is 18.1. The number of carbonyl (C=O) groups excluding carboxylic acids is 4.